The lowest BCUT2D eigenvalue weighted by Gasteiger charge is -2.32. The first-order valence-corrected chi connectivity index (χ1v) is 14.5. The third-order valence-corrected chi connectivity index (χ3v) is 8.47. The zero-order valence-electron chi connectivity index (χ0n) is 23.4. The maximum absolute atomic E-state index is 13.9. The maximum atomic E-state index is 13.9. The summed E-state index contributed by atoms with van der Waals surface area (Å²) >= 11 is 0. The number of nitrogens with one attached hydrogen (secondary N) is 1. The molecule has 0 heterocycles. The van der Waals surface area contributed by atoms with Crippen molar-refractivity contribution in [3.63, 3.8) is 0 Å². The lowest BCUT2D eigenvalue weighted by Crippen LogP contribution is -2.52. The number of carbonyl (C=O) groups excluding carboxylic acids is 2. The van der Waals surface area contributed by atoms with Crippen LogP contribution in [0.3, 0.4) is 0 Å². The van der Waals surface area contributed by atoms with Gasteiger partial charge < -0.3 is 15.0 Å². The average Bonchev–Trinajstić information content (AvgIpc) is 2.95. The molecule has 0 spiro atoms. The minimum atomic E-state index is -4.22. The fourth-order valence-electron chi connectivity index (χ4n) is 3.95. The highest BCUT2D eigenvalue weighted by atomic mass is 32.2. The van der Waals surface area contributed by atoms with Crippen LogP contribution < -0.4 is 14.4 Å². The number of benzene rings is 3. The smallest absolute Gasteiger partial charge is 0.264 e. The summed E-state index contributed by atoms with van der Waals surface area (Å²) in [6.07, 6.45) is 0.706. The lowest BCUT2D eigenvalue weighted by molar-refractivity contribution is -0.139. The molecule has 0 saturated heterocycles. The van der Waals surface area contributed by atoms with Crippen molar-refractivity contribution >= 4 is 27.5 Å². The van der Waals surface area contributed by atoms with Crippen LogP contribution in [0.2, 0.25) is 0 Å². The molecule has 40 heavy (non-hydrogen) atoms. The molecule has 0 aliphatic heterocycles. The van der Waals surface area contributed by atoms with Gasteiger partial charge in [0.05, 0.1) is 17.7 Å². The van der Waals surface area contributed by atoms with Crippen LogP contribution in [0.4, 0.5) is 10.1 Å². The van der Waals surface area contributed by atoms with Crippen LogP contribution in [-0.2, 0) is 26.2 Å². The Kier molecular flexibility index (Phi) is 10.3. The first-order valence-electron chi connectivity index (χ1n) is 13.0. The van der Waals surface area contributed by atoms with E-state index in [2.05, 4.69) is 5.32 Å². The highest BCUT2D eigenvalue weighted by molar-refractivity contribution is 7.92. The summed E-state index contributed by atoms with van der Waals surface area (Å²) in [5.41, 5.74) is 1.72. The molecule has 0 bridgehead atoms. The number of halogens is 1. The Balaban J connectivity index is 2.01. The average molecular weight is 570 g/mol. The summed E-state index contributed by atoms with van der Waals surface area (Å²) in [5.74, 6) is -0.858. The number of ether oxygens (including phenoxy) is 1. The van der Waals surface area contributed by atoms with Crippen LogP contribution in [0, 0.1) is 12.7 Å². The third kappa shape index (κ3) is 7.59. The molecule has 3 rings (SSSR count). The van der Waals surface area contributed by atoms with Crippen molar-refractivity contribution in [2.45, 2.75) is 57.6 Å². The molecule has 0 saturated carbocycles. The molecule has 0 radical (unpaired) electrons. The van der Waals surface area contributed by atoms with Crippen LogP contribution in [0.25, 0.3) is 0 Å². The van der Waals surface area contributed by atoms with Crippen molar-refractivity contribution in [1.82, 2.24) is 10.2 Å². The molecule has 8 nitrogen and oxygen atoms in total. The van der Waals surface area contributed by atoms with E-state index in [9.17, 15) is 22.4 Å². The van der Waals surface area contributed by atoms with E-state index in [0.717, 1.165) is 27.6 Å². The van der Waals surface area contributed by atoms with E-state index in [1.807, 2.05) is 20.8 Å². The summed E-state index contributed by atoms with van der Waals surface area (Å²) < 4.78 is 47.4. The van der Waals surface area contributed by atoms with Crippen molar-refractivity contribution in [1.29, 1.82) is 0 Å². The van der Waals surface area contributed by atoms with Crippen molar-refractivity contribution in [2.75, 3.05) is 18.0 Å². The van der Waals surface area contributed by atoms with Gasteiger partial charge in [0.2, 0.25) is 11.8 Å². The van der Waals surface area contributed by atoms with Gasteiger partial charge in [-0.1, -0.05) is 36.8 Å². The highest BCUT2D eigenvalue weighted by Gasteiger charge is 2.32. The Bertz CT molecular complexity index is 1390. The minimum Gasteiger partial charge on any atom is -0.497 e. The largest absolute Gasteiger partial charge is 0.497 e. The number of sulfonamides is 1. The molecule has 10 heteroatoms. The van der Waals surface area contributed by atoms with Crippen molar-refractivity contribution in [2.24, 2.45) is 0 Å². The second-order valence-corrected chi connectivity index (χ2v) is 11.5. The monoisotopic (exact) mass is 569 g/mol. The number of nitrogens with zero attached hydrogens (tertiary/aromatic N) is 2. The second kappa shape index (κ2) is 13.4. The van der Waals surface area contributed by atoms with Gasteiger partial charge in [0.15, 0.2) is 0 Å². The quantitative estimate of drug-likeness (QED) is 0.342. The molecule has 0 aliphatic rings. The van der Waals surface area contributed by atoms with Crippen molar-refractivity contribution < 1.29 is 27.1 Å². The maximum Gasteiger partial charge on any atom is 0.264 e. The van der Waals surface area contributed by atoms with Crippen LogP contribution in [0.5, 0.6) is 5.75 Å². The number of aryl methyl sites for hydroxylation is 1. The van der Waals surface area contributed by atoms with E-state index in [1.54, 1.807) is 50.4 Å². The zero-order valence-corrected chi connectivity index (χ0v) is 24.2. The highest BCUT2D eigenvalue weighted by Crippen LogP contribution is 2.25. The molecule has 2 atom stereocenters. The van der Waals surface area contributed by atoms with Crippen LogP contribution in [0.15, 0.2) is 77.7 Å². The number of anilines is 1. The fourth-order valence-corrected chi connectivity index (χ4v) is 5.36. The van der Waals surface area contributed by atoms with E-state index >= 15 is 0 Å². The second-order valence-electron chi connectivity index (χ2n) is 9.66. The van der Waals surface area contributed by atoms with Gasteiger partial charge in [-0.25, -0.2) is 12.8 Å². The molecule has 2 amide bonds. The minimum absolute atomic E-state index is 0.0144. The van der Waals surface area contributed by atoms with Crippen LogP contribution >= 0.6 is 0 Å². The molecule has 3 aromatic carbocycles. The Hall–Kier alpha value is -3.92. The molecule has 0 aliphatic carbocycles. The third-order valence-electron chi connectivity index (χ3n) is 6.68. The van der Waals surface area contributed by atoms with Gasteiger partial charge in [-0.15, -0.1) is 0 Å². The number of carbonyl (C=O) groups is 2. The van der Waals surface area contributed by atoms with E-state index in [4.69, 9.17) is 4.74 Å². The molecular formula is C30H36FN3O5S. The van der Waals surface area contributed by atoms with Gasteiger partial charge in [0, 0.05) is 12.6 Å². The van der Waals surface area contributed by atoms with Gasteiger partial charge in [-0.2, -0.15) is 0 Å². The van der Waals surface area contributed by atoms with Crippen molar-refractivity contribution in [3.05, 3.63) is 89.7 Å². The van der Waals surface area contributed by atoms with Crippen molar-refractivity contribution in [3.8, 4) is 5.75 Å². The number of hydrogen-bond donors (Lipinski definition) is 1. The van der Waals surface area contributed by atoms with Gasteiger partial charge in [-0.05, 0) is 81.3 Å². The first kappa shape index (κ1) is 30.6. The van der Waals surface area contributed by atoms with Gasteiger partial charge in [0.25, 0.3) is 10.0 Å². The summed E-state index contributed by atoms with van der Waals surface area (Å²) in [4.78, 5) is 28.3. The predicted octanol–water partition coefficient (Wildman–Crippen LogP) is 4.67. The number of amides is 2. The summed E-state index contributed by atoms with van der Waals surface area (Å²) in [6, 6.07) is 17.2. The summed E-state index contributed by atoms with van der Waals surface area (Å²) in [7, 11) is -2.67. The topological polar surface area (TPSA) is 96.0 Å². The number of hydrogen-bond acceptors (Lipinski definition) is 5. The van der Waals surface area contributed by atoms with E-state index in [-0.39, 0.29) is 29.1 Å². The standard InChI is InChI=1S/C30H36FN3O5S/c1-6-22(3)32-30(36)23(4)33(19-24-9-15-27(39-5)16-10-24)29(35)20-34(26-13-11-25(31)12-14-26)40(37,38)28-17-7-21(2)8-18-28/h7-18,22-23H,6,19-20H2,1-5H3,(H,32,36)/t22-,23-/m0/s1. The SMILES string of the molecule is CC[C@H](C)NC(=O)[C@H](C)N(Cc1ccc(OC)cc1)C(=O)CN(c1ccc(F)cc1)S(=O)(=O)c1ccc(C)cc1. The molecule has 3 aromatic rings. The lowest BCUT2D eigenvalue weighted by atomic mass is 10.1. The molecule has 0 fully saturated rings. The number of rotatable bonds is 12. The van der Waals surface area contributed by atoms with Gasteiger partial charge in [0.1, 0.15) is 24.2 Å². The first-order chi connectivity index (χ1) is 19.0. The summed E-state index contributed by atoms with van der Waals surface area (Å²) in [6.45, 7) is 6.70. The zero-order chi connectivity index (χ0) is 29.4. The summed E-state index contributed by atoms with van der Waals surface area (Å²) in [5, 5.41) is 2.89. The fraction of sp³-hybridized carbons (Fsp3) is 0.333. The van der Waals surface area contributed by atoms with Gasteiger partial charge in [-0.3, -0.25) is 13.9 Å². The molecular weight excluding hydrogens is 533 g/mol. The molecule has 214 valence electrons. The van der Waals surface area contributed by atoms with Crippen LogP contribution in [0.1, 0.15) is 38.3 Å². The molecule has 0 aromatic heterocycles. The van der Waals surface area contributed by atoms with Crippen LogP contribution in [-0.4, -0.2) is 50.9 Å². The Morgan fingerprint density at radius 3 is 2.10 bits per heavy atom. The Morgan fingerprint density at radius 1 is 0.950 bits per heavy atom. The Labute approximate surface area is 235 Å². The van der Waals surface area contributed by atoms with E-state index in [0.29, 0.717) is 12.2 Å². The van der Waals surface area contributed by atoms with E-state index < -0.39 is 34.3 Å². The number of methoxy groups -OCH3 is 1. The molecule has 1 N–H and O–H groups in total. The van der Waals surface area contributed by atoms with E-state index in [1.165, 1.54) is 29.2 Å². The van der Waals surface area contributed by atoms with Gasteiger partial charge >= 0.3 is 0 Å². The Morgan fingerprint density at radius 2 is 1.55 bits per heavy atom. The molecule has 0 unspecified atom stereocenters. The predicted molar refractivity (Wildman–Crippen MR) is 153 cm³/mol. The normalized spacial score (nSPS) is 12.8.